The molecule has 2 aromatic rings. The Hall–Kier alpha value is -1.39. The number of thioether (sulfide) groups is 2. The molecular formula is C13H17N5O2S3. The standard InChI is InChI=1S/C13H17N5O2S3/c1-4-21-6-9-5-10(19)15-12(14-9)22-7(2)11(20)16-13-18-17-8(3)23-13/h5,7H,4,6H2,1-3H3,(H,14,15,19)(H,16,18,20). The summed E-state index contributed by atoms with van der Waals surface area (Å²) in [6, 6.07) is 1.49. The average molecular weight is 372 g/mol. The van der Waals surface area contributed by atoms with E-state index >= 15 is 0 Å². The number of anilines is 1. The number of carbonyl (C=O) groups excluding carboxylic acids is 1. The van der Waals surface area contributed by atoms with Crippen LogP contribution in [0.1, 0.15) is 24.5 Å². The lowest BCUT2D eigenvalue weighted by Gasteiger charge is -2.10. The molecule has 0 aliphatic heterocycles. The van der Waals surface area contributed by atoms with Gasteiger partial charge >= 0.3 is 0 Å². The molecule has 1 unspecified atom stereocenters. The first-order chi connectivity index (χ1) is 11.0. The molecule has 2 rings (SSSR count). The Morgan fingerprint density at radius 1 is 1.48 bits per heavy atom. The third-order valence-electron chi connectivity index (χ3n) is 2.64. The first-order valence-corrected chi connectivity index (χ1v) is 9.78. The number of aryl methyl sites for hydroxylation is 1. The van der Waals surface area contributed by atoms with E-state index in [4.69, 9.17) is 0 Å². The van der Waals surface area contributed by atoms with Crippen molar-refractivity contribution in [2.24, 2.45) is 0 Å². The fraction of sp³-hybridized carbons (Fsp3) is 0.462. The normalized spacial score (nSPS) is 12.1. The van der Waals surface area contributed by atoms with E-state index in [0.29, 0.717) is 16.0 Å². The number of carbonyl (C=O) groups is 1. The van der Waals surface area contributed by atoms with E-state index < -0.39 is 5.25 Å². The molecule has 1 amide bonds. The number of nitrogens with one attached hydrogen (secondary N) is 2. The fourth-order valence-electron chi connectivity index (χ4n) is 1.59. The molecule has 7 nitrogen and oxygen atoms in total. The topological polar surface area (TPSA) is 101 Å². The van der Waals surface area contributed by atoms with Crippen molar-refractivity contribution < 1.29 is 4.79 Å². The molecule has 2 heterocycles. The van der Waals surface area contributed by atoms with Crippen LogP contribution in [0.2, 0.25) is 0 Å². The lowest BCUT2D eigenvalue weighted by Crippen LogP contribution is -2.23. The summed E-state index contributed by atoms with van der Waals surface area (Å²) in [4.78, 5) is 30.9. The van der Waals surface area contributed by atoms with Gasteiger partial charge in [0.15, 0.2) is 5.16 Å². The van der Waals surface area contributed by atoms with Gasteiger partial charge in [-0.1, -0.05) is 30.0 Å². The summed E-state index contributed by atoms with van der Waals surface area (Å²) in [5.74, 6) is 1.43. The highest BCUT2D eigenvalue weighted by Crippen LogP contribution is 2.22. The molecule has 1 atom stereocenters. The molecule has 23 heavy (non-hydrogen) atoms. The van der Waals surface area contributed by atoms with Crippen molar-refractivity contribution >= 4 is 45.9 Å². The number of H-pyrrole nitrogens is 1. The van der Waals surface area contributed by atoms with Gasteiger partial charge in [0.1, 0.15) is 5.01 Å². The van der Waals surface area contributed by atoms with E-state index in [1.54, 1.807) is 18.7 Å². The van der Waals surface area contributed by atoms with Crippen LogP contribution in [0, 0.1) is 6.92 Å². The first kappa shape index (κ1) is 18.0. The third kappa shape index (κ3) is 5.63. The van der Waals surface area contributed by atoms with Gasteiger partial charge in [0, 0.05) is 11.8 Å². The Labute approximate surface area is 146 Å². The minimum Gasteiger partial charge on any atom is -0.301 e. The second-order valence-corrected chi connectivity index (χ2v) is 8.34. The van der Waals surface area contributed by atoms with E-state index in [-0.39, 0.29) is 11.5 Å². The molecule has 0 aliphatic carbocycles. The number of hydrogen-bond acceptors (Lipinski definition) is 8. The van der Waals surface area contributed by atoms with E-state index in [1.807, 2.05) is 6.92 Å². The second kappa shape index (κ2) is 8.46. The second-order valence-electron chi connectivity index (χ2n) is 4.55. The minimum atomic E-state index is -0.420. The van der Waals surface area contributed by atoms with Crippen molar-refractivity contribution in [3.05, 3.63) is 27.1 Å². The zero-order valence-electron chi connectivity index (χ0n) is 13.0. The Morgan fingerprint density at radius 3 is 2.91 bits per heavy atom. The highest BCUT2D eigenvalue weighted by molar-refractivity contribution is 8.00. The quantitative estimate of drug-likeness (QED) is 0.569. The van der Waals surface area contributed by atoms with Crippen LogP contribution in [0.25, 0.3) is 0 Å². The summed E-state index contributed by atoms with van der Waals surface area (Å²) in [5.41, 5.74) is 0.511. The molecule has 2 N–H and O–H groups in total. The summed E-state index contributed by atoms with van der Waals surface area (Å²) in [5, 5.41) is 11.7. The minimum absolute atomic E-state index is 0.206. The van der Waals surface area contributed by atoms with Crippen molar-refractivity contribution in [1.29, 1.82) is 0 Å². The Kier molecular flexibility index (Phi) is 6.60. The molecule has 2 aromatic heterocycles. The van der Waals surface area contributed by atoms with Crippen molar-refractivity contribution in [3.63, 3.8) is 0 Å². The van der Waals surface area contributed by atoms with Crippen molar-refractivity contribution in [3.8, 4) is 0 Å². The van der Waals surface area contributed by atoms with Gasteiger partial charge in [0.2, 0.25) is 11.0 Å². The van der Waals surface area contributed by atoms with Crippen molar-refractivity contribution in [2.45, 2.75) is 36.9 Å². The van der Waals surface area contributed by atoms with E-state index in [9.17, 15) is 9.59 Å². The van der Waals surface area contributed by atoms with Gasteiger partial charge in [0.25, 0.3) is 5.56 Å². The summed E-state index contributed by atoms with van der Waals surface area (Å²) in [6.45, 7) is 5.62. The molecule has 10 heteroatoms. The Balaban J connectivity index is 2.01. The van der Waals surface area contributed by atoms with Crippen LogP contribution in [0.5, 0.6) is 0 Å². The maximum Gasteiger partial charge on any atom is 0.251 e. The summed E-state index contributed by atoms with van der Waals surface area (Å²) in [6.07, 6.45) is 0. The maximum atomic E-state index is 12.2. The van der Waals surface area contributed by atoms with Crippen LogP contribution in [-0.4, -0.2) is 37.1 Å². The predicted octanol–water partition coefficient (Wildman–Crippen LogP) is 2.30. The highest BCUT2D eigenvalue weighted by atomic mass is 32.2. The van der Waals surface area contributed by atoms with E-state index in [0.717, 1.165) is 16.5 Å². The monoisotopic (exact) mass is 371 g/mol. The SMILES string of the molecule is CCSCc1cc(=O)[nH]c(SC(C)C(=O)Nc2nnc(C)s2)n1. The maximum absolute atomic E-state index is 12.2. The van der Waals surface area contributed by atoms with Gasteiger partial charge < -0.3 is 4.98 Å². The number of aromatic nitrogens is 4. The van der Waals surface area contributed by atoms with Crippen LogP contribution < -0.4 is 10.9 Å². The predicted molar refractivity (Wildman–Crippen MR) is 95.3 cm³/mol. The van der Waals surface area contributed by atoms with Crippen LogP contribution in [0.15, 0.2) is 16.0 Å². The molecule has 0 saturated heterocycles. The van der Waals surface area contributed by atoms with Crippen LogP contribution in [0.3, 0.4) is 0 Å². The number of nitrogens with zero attached hydrogens (tertiary/aromatic N) is 3. The van der Waals surface area contributed by atoms with Gasteiger partial charge in [-0.25, -0.2) is 4.98 Å². The molecule has 0 radical (unpaired) electrons. The first-order valence-electron chi connectivity index (χ1n) is 6.93. The van der Waals surface area contributed by atoms with Gasteiger partial charge in [-0.15, -0.1) is 10.2 Å². The molecule has 124 valence electrons. The van der Waals surface area contributed by atoms with Crippen LogP contribution >= 0.6 is 34.9 Å². The number of hydrogen-bond donors (Lipinski definition) is 2. The van der Waals surface area contributed by atoms with Gasteiger partial charge in [-0.2, -0.15) is 11.8 Å². The number of rotatable bonds is 7. The Morgan fingerprint density at radius 2 is 2.26 bits per heavy atom. The third-order valence-corrected chi connectivity index (χ3v) is 5.29. The van der Waals surface area contributed by atoms with Crippen molar-refractivity contribution in [2.75, 3.05) is 11.1 Å². The number of aromatic amines is 1. The molecule has 0 bridgehead atoms. The van der Waals surface area contributed by atoms with Crippen LogP contribution in [0.4, 0.5) is 5.13 Å². The van der Waals surface area contributed by atoms with Gasteiger partial charge in [-0.05, 0) is 19.6 Å². The van der Waals surface area contributed by atoms with E-state index in [2.05, 4.69) is 32.4 Å². The largest absolute Gasteiger partial charge is 0.301 e. The zero-order valence-corrected chi connectivity index (χ0v) is 15.4. The molecule has 0 aliphatic rings. The molecule has 0 spiro atoms. The average Bonchev–Trinajstić information content (AvgIpc) is 2.89. The summed E-state index contributed by atoms with van der Waals surface area (Å²) >= 11 is 4.21. The van der Waals surface area contributed by atoms with Gasteiger partial charge in [0.05, 0.1) is 10.9 Å². The lowest BCUT2D eigenvalue weighted by molar-refractivity contribution is -0.115. The smallest absolute Gasteiger partial charge is 0.251 e. The van der Waals surface area contributed by atoms with E-state index in [1.165, 1.54) is 29.2 Å². The Bertz CT molecular complexity index is 730. The van der Waals surface area contributed by atoms with Crippen LogP contribution in [-0.2, 0) is 10.5 Å². The lowest BCUT2D eigenvalue weighted by atomic mass is 10.4. The molecule has 0 aromatic carbocycles. The summed E-state index contributed by atoms with van der Waals surface area (Å²) < 4.78 is 0. The fourth-order valence-corrected chi connectivity index (χ4v) is 3.58. The molecular weight excluding hydrogens is 354 g/mol. The van der Waals surface area contributed by atoms with Gasteiger partial charge in [-0.3, -0.25) is 14.9 Å². The summed E-state index contributed by atoms with van der Waals surface area (Å²) in [7, 11) is 0. The highest BCUT2D eigenvalue weighted by Gasteiger charge is 2.17. The van der Waals surface area contributed by atoms with Crippen molar-refractivity contribution in [1.82, 2.24) is 20.2 Å². The zero-order chi connectivity index (χ0) is 16.8. The number of amides is 1. The molecule has 0 fully saturated rings. The molecule has 0 saturated carbocycles.